The Morgan fingerprint density at radius 1 is 1.22 bits per heavy atom. The molecule has 0 spiro atoms. The van der Waals surface area contributed by atoms with Gasteiger partial charge in [-0.05, 0) is 50.0 Å². The molecule has 5 nitrogen and oxygen atoms in total. The minimum atomic E-state index is -0.171. The lowest BCUT2D eigenvalue weighted by molar-refractivity contribution is 0.402. The quantitative estimate of drug-likeness (QED) is 0.767. The number of hydrogen-bond donors (Lipinski definition) is 1. The maximum Gasteiger partial charge on any atom is 0.267 e. The van der Waals surface area contributed by atoms with Gasteiger partial charge in [0.25, 0.3) is 5.56 Å². The van der Waals surface area contributed by atoms with Gasteiger partial charge < -0.3 is 10.6 Å². The Morgan fingerprint density at radius 2 is 2.00 bits per heavy atom. The second-order valence-electron chi connectivity index (χ2n) is 5.68. The molecular formula is C17H17BrN4O. The van der Waals surface area contributed by atoms with Crippen LogP contribution in [0.1, 0.15) is 5.56 Å². The molecular weight excluding hydrogens is 356 g/mol. The molecule has 1 aromatic heterocycles. The molecule has 0 aliphatic heterocycles. The summed E-state index contributed by atoms with van der Waals surface area (Å²) >= 11 is 3.39. The molecule has 0 aliphatic rings. The maximum absolute atomic E-state index is 12.8. The van der Waals surface area contributed by atoms with Crippen LogP contribution in [0.2, 0.25) is 0 Å². The number of nitrogens with zero attached hydrogens (tertiary/aromatic N) is 3. The third-order valence-corrected chi connectivity index (χ3v) is 4.02. The van der Waals surface area contributed by atoms with E-state index in [0.717, 1.165) is 22.3 Å². The Kier molecular flexibility index (Phi) is 4.19. The number of hydrogen-bond acceptors (Lipinski definition) is 4. The highest BCUT2D eigenvalue weighted by Gasteiger charge is 2.11. The summed E-state index contributed by atoms with van der Waals surface area (Å²) < 4.78 is 2.29. The molecule has 0 saturated heterocycles. The topological polar surface area (TPSA) is 64.2 Å². The van der Waals surface area contributed by atoms with Crippen LogP contribution in [0, 0.1) is 0 Å². The van der Waals surface area contributed by atoms with E-state index in [4.69, 9.17) is 5.73 Å². The van der Waals surface area contributed by atoms with Gasteiger partial charge >= 0.3 is 0 Å². The Balaban J connectivity index is 2.22. The molecule has 6 heteroatoms. The lowest BCUT2D eigenvalue weighted by Crippen LogP contribution is -2.23. The van der Waals surface area contributed by atoms with Crippen molar-refractivity contribution in [3.05, 3.63) is 62.9 Å². The summed E-state index contributed by atoms with van der Waals surface area (Å²) in [6.45, 7) is 0.787. The van der Waals surface area contributed by atoms with E-state index in [1.54, 1.807) is 12.1 Å². The summed E-state index contributed by atoms with van der Waals surface area (Å²) in [5, 5.41) is 0.534. The van der Waals surface area contributed by atoms with Crippen LogP contribution < -0.4 is 11.3 Å². The Bertz CT molecular complexity index is 934. The van der Waals surface area contributed by atoms with Crippen molar-refractivity contribution in [3.63, 3.8) is 0 Å². The molecule has 0 saturated carbocycles. The molecule has 3 rings (SSSR count). The van der Waals surface area contributed by atoms with E-state index in [1.807, 2.05) is 44.4 Å². The average molecular weight is 373 g/mol. The summed E-state index contributed by atoms with van der Waals surface area (Å²) in [4.78, 5) is 19.3. The van der Waals surface area contributed by atoms with Gasteiger partial charge in [0.1, 0.15) is 0 Å². The second kappa shape index (κ2) is 6.14. The molecule has 0 bridgehead atoms. The van der Waals surface area contributed by atoms with E-state index in [-0.39, 0.29) is 11.5 Å². The van der Waals surface area contributed by atoms with Crippen LogP contribution >= 0.6 is 15.9 Å². The van der Waals surface area contributed by atoms with Crippen molar-refractivity contribution in [2.24, 2.45) is 0 Å². The molecule has 23 heavy (non-hydrogen) atoms. The highest BCUT2D eigenvalue weighted by Crippen LogP contribution is 2.19. The summed E-state index contributed by atoms with van der Waals surface area (Å²) in [5.74, 6) is 0.187. The smallest absolute Gasteiger partial charge is 0.267 e. The molecule has 0 aliphatic carbocycles. The summed E-state index contributed by atoms with van der Waals surface area (Å²) in [5.41, 5.74) is 8.29. The van der Waals surface area contributed by atoms with Crippen LogP contribution in [0.15, 0.2) is 51.7 Å². The molecule has 2 N–H and O–H groups in total. The van der Waals surface area contributed by atoms with Gasteiger partial charge in [-0.2, -0.15) is 0 Å². The monoisotopic (exact) mass is 372 g/mol. The van der Waals surface area contributed by atoms with Crippen LogP contribution in [-0.4, -0.2) is 28.5 Å². The molecule has 0 radical (unpaired) electrons. The molecule has 118 valence electrons. The highest BCUT2D eigenvalue weighted by atomic mass is 79.9. The van der Waals surface area contributed by atoms with Crippen molar-refractivity contribution in [3.8, 4) is 5.69 Å². The summed E-state index contributed by atoms with van der Waals surface area (Å²) in [7, 11) is 4.00. The standard InChI is InChI=1S/C17H17BrN4O/c1-21(2)10-11-4-3-5-13(8-11)22-16(23)14-9-12(18)6-7-15(14)20-17(22)19/h3-9H,10H2,1-2H3,(H2,19,20). The van der Waals surface area contributed by atoms with Crippen LogP contribution in [0.5, 0.6) is 0 Å². The van der Waals surface area contributed by atoms with Crippen LogP contribution in [0.25, 0.3) is 16.6 Å². The normalized spacial score (nSPS) is 11.3. The fraction of sp³-hybridized carbons (Fsp3) is 0.176. The predicted molar refractivity (Wildman–Crippen MR) is 96.8 cm³/mol. The number of nitrogen functional groups attached to an aromatic ring is 1. The van der Waals surface area contributed by atoms with Crippen molar-refractivity contribution in [2.75, 3.05) is 19.8 Å². The first-order valence-corrected chi connectivity index (χ1v) is 7.97. The van der Waals surface area contributed by atoms with Gasteiger partial charge in [0.15, 0.2) is 0 Å². The predicted octanol–water partition coefficient (Wildman–Crippen LogP) is 2.79. The largest absolute Gasteiger partial charge is 0.369 e. The molecule has 1 heterocycles. The van der Waals surface area contributed by atoms with Gasteiger partial charge in [-0.3, -0.25) is 4.79 Å². The number of benzene rings is 2. The molecule has 0 fully saturated rings. The third kappa shape index (κ3) is 3.13. The molecule has 2 aromatic carbocycles. The van der Waals surface area contributed by atoms with Crippen LogP contribution in [-0.2, 0) is 6.54 Å². The summed E-state index contributed by atoms with van der Waals surface area (Å²) in [6.07, 6.45) is 0. The number of anilines is 1. The van der Waals surface area contributed by atoms with Crippen molar-refractivity contribution in [1.82, 2.24) is 14.5 Å². The van der Waals surface area contributed by atoms with E-state index >= 15 is 0 Å². The second-order valence-corrected chi connectivity index (χ2v) is 6.60. The first kappa shape index (κ1) is 15.7. The zero-order chi connectivity index (χ0) is 16.6. The summed E-state index contributed by atoms with van der Waals surface area (Å²) in [6, 6.07) is 13.2. The first-order chi connectivity index (χ1) is 11.0. The SMILES string of the molecule is CN(C)Cc1cccc(-n2c(N)nc3ccc(Br)cc3c2=O)c1. The lowest BCUT2D eigenvalue weighted by atomic mass is 10.2. The van der Waals surface area contributed by atoms with Gasteiger partial charge in [-0.15, -0.1) is 0 Å². The minimum Gasteiger partial charge on any atom is -0.369 e. The van der Waals surface area contributed by atoms with Crippen LogP contribution in [0.3, 0.4) is 0 Å². The number of fused-ring (bicyclic) bond motifs is 1. The molecule has 0 atom stereocenters. The lowest BCUT2D eigenvalue weighted by Gasteiger charge is -2.14. The van der Waals surface area contributed by atoms with Crippen molar-refractivity contribution >= 4 is 32.8 Å². The number of aromatic nitrogens is 2. The van der Waals surface area contributed by atoms with Crippen molar-refractivity contribution in [2.45, 2.75) is 6.54 Å². The average Bonchev–Trinajstić information content (AvgIpc) is 2.48. The van der Waals surface area contributed by atoms with Gasteiger partial charge in [-0.25, -0.2) is 9.55 Å². The van der Waals surface area contributed by atoms with Crippen molar-refractivity contribution in [1.29, 1.82) is 0 Å². The highest BCUT2D eigenvalue weighted by molar-refractivity contribution is 9.10. The molecule has 3 aromatic rings. The first-order valence-electron chi connectivity index (χ1n) is 7.17. The van der Waals surface area contributed by atoms with E-state index < -0.39 is 0 Å². The van der Waals surface area contributed by atoms with Gasteiger partial charge in [-0.1, -0.05) is 28.1 Å². The van der Waals surface area contributed by atoms with Gasteiger partial charge in [0.2, 0.25) is 5.95 Å². The Hall–Kier alpha value is -2.18. The zero-order valence-corrected chi connectivity index (χ0v) is 14.5. The zero-order valence-electron chi connectivity index (χ0n) is 13.0. The maximum atomic E-state index is 12.8. The Labute approximate surface area is 142 Å². The number of nitrogens with two attached hydrogens (primary N) is 1. The fourth-order valence-corrected chi connectivity index (χ4v) is 2.94. The molecule has 0 amide bonds. The van der Waals surface area contributed by atoms with Gasteiger partial charge in [0.05, 0.1) is 16.6 Å². The van der Waals surface area contributed by atoms with E-state index in [1.165, 1.54) is 4.57 Å². The van der Waals surface area contributed by atoms with Crippen LogP contribution in [0.4, 0.5) is 5.95 Å². The number of rotatable bonds is 3. The van der Waals surface area contributed by atoms with Gasteiger partial charge in [0, 0.05) is 11.0 Å². The number of halogens is 1. The van der Waals surface area contributed by atoms with E-state index in [9.17, 15) is 4.79 Å². The molecule has 0 unspecified atom stereocenters. The third-order valence-electron chi connectivity index (χ3n) is 3.52. The fourth-order valence-electron chi connectivity index (χ4n) is 2.58. The Morgan fingerprint density at radius 3 is 2.74 bits per heavy atom. The van der Waals surface area contributed by atoms with Crippen molar-refractivity contribution < 1.29 is 0 Å². The van der Waals surface area contributed by atoms with E-state index in [0.29, 0.717) is 10.9 Å². The van der Waals surface area contributed by atoms with E-state index in [2.05, 4.69) is 25.8 Å². The minimum absolute atomic E-state index is 0.171.